The maximum atomic E-state index is 14.5. The Bertz CT molecular complexity index is 1300. The van der Waals surface area contributed by atoms with Crippen LogP contribution in [0.1, 0.15) is 56.7 Å². The molecule has 0 spiro atoms. The van der Waals surface area contributed by atoms with Crippen molar-refractivity contribution in [2.24, 2.45) is 11.3 Å². The van der Waals surface area contributed by atoms with Crippen molar-refractivity contribution >= 4 is 15.9 Å². The zero-order valence-electron chi connectivity index (χ0n) is 20.9. The Kier molecular flexibility index (Phi) is 6.08. The minimum absolute atomic E-state index is 0.0846. The topological polar surface area (TPSA) is 92.3 Å². The van der Waals surface area contributed by atoms with E-state index in [0.29, 0.717) is 13.1 Å². The second-order valence-electron chi connectivity index (χ2n) is 11.1. The third-order valence-corrected chi connectivity index (χ3v) is 9.79. The first kappa shape index (κ1) is 25.0. The number of rotatable bonds is 5. The van der Waals surface area contributed by atoms with Crippen LogP contribution >= 0.6 is 0 Å². The van der Waals surface area contributed by atoms with Crippen molar-refractivity contribution in [1.82, 2.24) is 20.4 Å². The molecule has 1 saturated carbocycles. The zero-order chi connectivity index (χ0) is 25.9. The van der Waals surface area contributed by atoms with Gasteiger partial charge in [-0.2, -0.15) is 10.2 Å². The third kappa shape index (κ3) is 3.88. The quantitative estimate of drug-likeness (QED) is 0.645. The van der Waals surface area contributed by atoms with Gasteiger partial charge in [-0.25, -0.2) is 22.0 Å². The van der Waals surface area contributed by atoms with E-state index in [1.54, 1.807) is 4.90 Å². The van der Waals surface area contributed by atoms with E-state index in [0.717, 1.165) is 43.2 Å². The predicted molar refractivity (Wildman–Crippen MR) is 132 cm³/mol. The number of piperidine rings is 1. The van der Waals surface area contributed by atoms with E-state index in [4.69, 9.17) is 0 Å². The van der Waals surface area contributed by atoms with Gasteiger partial charge in [-0.3, -0.25) is 0 Å². The van der Waals surface area contributed by atoms with Gasteiger partial charge in [0, 0.05) is 31.3 Å². The normalized spacial score (nSPS) is 26.6. The van der Waals surface area contributed by atoms with E-state index in [-0.39, 0.29) is 52.3 Å². The number of carbonyl (C=O) groups is 1. The molecule has 3 atom stereocenters. The lowest BCUT2D eigenvalue weighted by molar-refractivity contribution is 0.0679. The molecule has 0 radical (unpaired) electrons. The molecule has 3 aliphatic rings. The van der Waals surface area contributed by atoms with Crippen LogP contribution in [0.4, 0.5) is 13.6 Å². The Morgan fingerprint density at radius 1 is 1.19 bits per heavy atom. The number of aromatic nitrogens is 2. The van der Waals surface area contributed by atoms with Crippen LogP contribution in [0.25, 0.3) is 11.3 Å². The molecule has 2 amide bonds. The second kappa shape index (κ2) is 8.75. The lowest BCUT2D eigenvalue weighted by atomic mass is 9.59. The van der Waals surface area contributed by atoms with Gasteiger partial charge < -0.3 is 10.2 Å². The average Bonchev–Trinajstić information content (AvgIpc) is 3.19. The van der Waals surface area contributed by atoms with E-state index in [2.05, 4.69) is 29.4 Å². The average molecular weight is 519 g/mol. The Morgan fingerprint density at radius 3 is 2.61 bits per heavy atom. The van der Waals surface area contributed by atoms with Crippen LogP contribution in [0.15, 0.2) is 24.3 Å². The first-order valence-corrected chi connectivity index (χ1v) is 14.5. The van der Waals surface area contributed by atoms with Crippen molar-refractivity contribution < 1.29 is 22.0 Å². The van der Waals surface area contributed by atoms with Gasteiger partial charge in [0.25, 0.3) is 0 Å². The first-order valence-electron chi connectivity index (χ1n) is 12.5. The van der Waals surface area contributed by atoms with E-state index in [1.165, 1.54) is 18.2 Å². The van der Waals surface area contributed by atoms with Crippen molar-refractivity contribution in [3.63, 3.8) is 0 Å². The summed E-state index contributed by atoms with van der Waals surface area (Å²) in [7, 11) is -3.16. The minimum Gasteiger partial charge on any atom is -0.337 e. The summed E-state index contributed by atoms with van der Waals surface area (Å²) in [5.74, 6) is -1.07. The highest BCUT2D eigenvalue weighted by molar-refractivity contribution is 7.90. The molecule has 2 fully saturated rings. The number of nitrogens with zero attached hydrogens (tertiary/aromatic N) is 3. The van der Waals surface area contributed by atoms with Crippen LogP contribution in [0.2, 0.25) is 0 Å². The van der Waals surface area contributed by atoms with Crippen LogP contribution in [0, 0.1) is 23.0 Å². The Labute approximate surface area is 210 Å². The zero-order valence-corrected chi connectivity index (χ0v) is 21.7. The largest absolute Gasteiger partial charge is 0.337 e. The molecule has 3 unspecified atom stereocenters. The van der Waals surface area contributed by atoms with E-state index < -0.39 is 21.5 Å². The van der Waals surface area contributed by atoms with Gasteiger partial charge in [-0.05, 0) is 66.7 Å². The van der Waals surface area contributed by atoms with Gasteiger partial charge in [0.15, 0.2) is 0 Å². The van der Waals surface area contributed by atoms with Crippen molar-refractivity contribution in [2.45, 2.75) is 50.9 Å². The molecule has 5 rings (SSSR count). The fourth-order valence-electron chi connectivity index (χ4n) is 7.16. The number of carbonyl (C=O) groups excluding carboxylic acids is 1. The lowest BCUT2D eigenvalue weighted by Gasteiger charge is -2.48. The van der Waals surface area contributed by atoms with E-state index >= 15 is 0 Å². The fraction of sp³-hybridized carbons (Fsp3) is 0.577. The monoisotopic (exact) mass is 518 g/mol. The number of urea groups is 1. The summed E-state index contributed by atoms with van der Waals surface area (Å²) in [5.41, 5.74) is 1.51. The van der Waals surface area contributed by atoms with E-state index in [1.807, 2.05) is 6.07 Å². The molecule has 2 bridgehead atoms. The summed E-state index contributed by atoms with van der Waals surface area (Å²) < 4.78 is 51.8. The van der Waals surface area contributed by atoms with Crippen LogP contribution in [0.5, 0.6) is 0 Å². The lowest BCUT2D eigenvalue weighted by Crippen LogP contribution is -2.53. The first-order chi connectivity index (χ1) is 17.0. The molecule has 1 saturated heterocycles. The summed E-state index contributed by atoms with van der Waals surface area (Å²) in [5, 5.41) is 11.7. The molecule has 7 nitrogen and oxygen atoms in total. The van der Waals surface area contributed by atoms with Crippen molar-refractivity contribution in [3.8, 4) is 11.3 Å². The van der Waals surface area contributed by atoms with Crippen LogP contribution < -0.4 is 5.32 Å². The summed E-state index contributed by atoms with van der Waals surface area (Å²) in [4.78, 5) is 14.6. The molecular formula is C26H32F2N4O3S. The molecule has 2 heterocycles. The van der Waals surface area contributed by atoms with Gasteiger partial charge in [0.05, 0.1) is 22.7 Å². The number of fused-ring (bicyclic) bond motifs is 5. The molecular weight excluding hydrogens is 486 g/mol. The standard InChI is InChI=1S/C26H32F2N4O3S/c1-25(2)18-9-10-26(25,16-6-5-12-32(15-16)24(33)29-11-13-36(3,34)35)23-17(18)14-21(30-31-23)22-19(27)7-4-8-20(22)28/h4,7-8,14,16,18H,5-6,9-13,15H2,1-3H3,(H,29,33). The summed E-state index contributed by atoms with van der Waals surface area (Å²) in [6.45, 7) is 5.72. The number of halogens is 2. The molecule has 1 aliphatic heterocycles. The SMILES string of the molecule is CC1(C)C2CCC1(C1CCCN(C(=O)NCCS(C)(=O)=O)C1)c1nnc(-c3c(F)cccc3F)cc12. The van der Waals surface area contributed by atoms with E-state index in [9.17, 15) is 22.0 Å². The maximum absolute atomic E-state index is 14.5. The summed E-state index contributed by atoms with van der Waals surface area (Å²) >= 11 is 0. The molecule has 194 valence electrons. The second-order valence-corrected chi connectivity index (χ2v) is 13.3. The molecule has 1 aromatic heterocycles. The molecule has 1 N–H and O–H groups in total. The smallest absolute Gasteiger partial charge is 0.317 e. The summed E-state index contributed by atoms with van der Waals surface area (Å²) in [6.07, 6.45) is 4.80. The number of benzene rings is 1. The highest BCUT2D eigenvalue weighted by Gasteiger charge is 2.66. The number of hydrogen-bond donors (Lipinski definition) is 1. The minimum atomic E-state index is -3.16. The highest BCUT2D eigenvalue weighted by atomic mass is 32.2. The number of hydrogen-bond acceptors (Lipinski definition) is 5. The Morgan fingerprint density at radius 2 is 1.92 bits per heavy atom. The van der Waals surface area contributed by atoms with Gasteiger partial charge in [-0.15, -0.1) is 0 Å². The third-order valence-electron chi connectivity index (χ3n) is 8.84. The van der Waals surface area contributed by atoms with Gasteiger partial charge in [0.2, 0.25) is 0 Å². The number of amides is 2. The van der Waals surface area contributed by atoms with Crippen LogP contribution in [-0.4, -0.2) is 61.2 Å². The van der Waals surface area contributed by atoms with Gasteiger partial charge in [-0.1, -0.05) is 19.9 Å². The maximum Gasteiger partial charge on any atom is 0.317 e. The Hall–Kier alpha value is -2.62. The van der Waals surface area contributed by atoms with Crippen LogP contribution in [-0.2, 0) is 15.3 Å². The molecule has 36 heavy (non-hydrogen) atoms. The van der Waals surface area contributed by atoms with Gasteiger partial charge in [0.1, 0.15) is 21.5 Å². The predicted octanol–water partition coefficient (Wildman–Crippen LogP) is 4.04. The van der Waals surface area contributed by atoms with Crippen molar-refractivity contribution in [2.75, 3.05) is 31.6 Å². The highest BCUT2D eigenvalue weighted by Crippen LogP contribution is 2.70. The Balaban J connectivity index is 1.45. The van der Waals surface area contributed by atoms with Crippen molar-refractivity contribution in [3.05, 3.63) is 47.2 Å². The van der Waals surface area contributed by atoms with Crippen molar-refractivity contribution in [1.29, 1.82) is 0 Å². The number of likely N-dealkylation sites (tertiary alicyclic amines) is 1. The molecule has 10 heteroatoms. The van der Waals surface area contributed by atoms with Crippen LogP contribution in [0.3, 0.4) is 0 Å². The molecule has 2 aromatic rings. The van der Waals surface area contributed by atoms with Gasteiger partial charge >= 0.3 is 6.03 Å². The number of sulfone groups is 1. The fourth-order valence-corrected chi connectivity index (χ4v) is 7.63. The molecule has 2 aliphatic carbocycles. The summed E-state index contributed by atoms with van der Waals surface area (Å²) in [6, 6.07) is 5.35. The number of nitrogens with one attached hydrogen (secondary N) is 1. The molecule has 1 aromatic carbocycles.